The fourth-order valence-corrected chi connectivity index (χ4v) is 1.38. The molecule has 0 bridgehead atoms. The minimum atomic E-state index is -1.36. The van der Waals surface area contributed by atoms with Gasteiger partial charge in [-0.25, -0.2) is 8.78 Å². The van der Waals surface area contributed by atoms with Crippen molar-refractivity contribution in [2.24, 2.45) is 0 Å². The normalized spacial score (nSPS) is 10.8. The number of aromatic nitrogens is 2. The van der Waals surface area contributed by atoms with Gasteiger partial charge in [0.15, 0.2) is 0 Å². The van der Waals surface area contributed by atoms with Gasteiger partial charge in [0.1, 0.15) is 17.7 Å². The van der Waals surface area contributed by atoms with Gasteiger partial charge < -0.3 is 5.11 Å². The molecule has 2 aromatic heterocycles. The molecule has 0 fully saturated rings. The Morgan fingerprint density at radius 1 is 0.938 bits per heavy atom. The summed E-state index contributed by atoms with van der Waals surface area (Å²) in [6, 6.07) is 2.61. The number of rotatable bonds is 2. The summed E-state index contributed by atoms with van der Waals surface area (Å²) in [6.45, 7) is 0. The van der Waals surface area contributed by atoms with Crippen molar-refractivity contribution in [3.63, 3.8) is 0 Å². The molecule has 3 nitrogen and oxygen atoms in total. The van der Waals surface area contributed by atoms with E-state index in [1.54, 1.807) is 0 Å². The Hall–Kier alpha value is -1.88. The first-order chi connectivity index (χ1) is 7.70. The molecule has 0 spiro atoms. The molecule has 0 aliphatic carbocycles. The summed E-state index contributed by atoms with van der Waals surface area (Å²) in [5.41, 5.74) is -0.0276. The maximum Gasteiger partial charge on any atom is 0.147 e. The zero-order valence-electron chi connectivity index (χ0n) is 8.14. The van der Waals surface area contributed by atoms with E-state index in [2.05, 4.69) is 9.97 Å². The van der Waals surface area contributed by atoms with Gasteiger partial charge >= 0.3 is 0 Å². The average Bonchev–Trinajstić information content (AvgIpc) is 2.29. The van der Waals surface area contributed by atoms with Crippen LogP contribution >= 0.6 is 0 Å². The molecule has 0 aromatic carbocycles. The van der Waals surface area contributed by atoms with E-state index < -0.39 is 17.7 Å². The largest absolute Gasteiger partial charge is 0.383 e. The molecule has 5 heteroatoms. The SMILES string of the molecule is OC(c1ccncc1F)c1ccncc1F. The second-order valence-electron chi connectivity index (χ2n) is 3.20. The number of hydrogen-bond acceptors (Lipinski definition) is 3. The summed E-state index contributed by atoms with van der Waals surface area (Å²) in [5, 5.41) is 9.82. The van der Waals surface area contributed by atoms with Crippen LogP contribution in [0.5, 0.6) is 0 Å². The molecule has 2 rings (SSSR count). The van der Waals surface area contributed by atoms with Gasteiger partial charge in [0.25, 0.3) is 0 Å². The van der Waals surface area contributed by atoms with Gasteiger partial charge in [-0.05, 0) is 12.1 Å². The Kier molecular flexibility index (Phi) is 2.87. The highest BCUT2D eigenvalue weighted by atomic mass is 19.1. The Morgan fingerprint density at radius 3 is 1.75 bits per heavy atom. The molecule has 0 saturated heterocycles. The van der Waals surface area contributed by atoms with E-state index in [-0.39, 0.29) is 11.1 Å². The minimum Gasteiger partial charge on any atom is -0.383 e. The Bertz CT molecular complexity index is 459. The second kappa shape index (κ2) is 4.32. The standard InChI is InChI=1S/C11H8F2N2O/c12-9-5-14-3-1-7(9)11(16)8-2-4-15-6-10(8)13/h1-6,11,16H. The fraction of sp³-hybridized carbons (Fsp3) is 0.0909. The number of hydrogen-bond donors (Lipinski definition) is 1. The van der Waals surface area contributed by atoms with Gasteiger partial charge in [-0.3, -0.25) is 9.97 Å². The Labute approximate surface area is 90.4 Å². The highest BCUT2D eigenvalue weighted by molar-refractivity contribution is 5.28. The van der Waals surface area contributed by atoms with Crippen molar-refractivity contribution in [3.8, 4) is 0 Å². The lowest BCUT2D eigenvalue weighted by atomic mass is 10.0. The highest BCUT2D eigenvalue weighted by Gasteiger charge is 2.18. The van der Waals surface area contributed by atoms with Crippen molar-refractivity contribution >= 4 is 0 Å². The molecule has 0 radical (unpaired) electrons. The molecular weight excluding hydrogens is 214 g/mol. The molecule has 0 aliphatic heterocycles. The summed E-state index contributed by atoms with van der Waals surface area (Å²) in [4.78, 5) is 7.10. The number of aliphatic hydroxyl groups excluding tert-OH is 1. The summed E-state index contributed by atoms with van der Waals surface area (Å²) in [5.74, 6) is -1.35. The number of aliphatic hydroxyl groups is 1. The summed E-state index contributed by atoms with van der Waals surface area (Å²) >= 11 is 0. The van der Waals surface area contributed by atoms with E-state index in [9.17, 15) is 13.9 Å². The molecule has 0 unspecified atom stereocenters. The molecule has 1 N–H and O–H groups in total. The molecule has 0 atom stereocenters. The van der Waals surface area contributed by atoms with Crippen LogP contribution < -0.4 is 0 Å². The first kappa shape index (κ1) is 10.6. The third-order valence-corrected chi connectivity index (χ3v) is 2.20. The van der Waals surface area contributed by atoms with Crippen LogP contribution in [0.2, 0.25) is 0 Å². The van der Waals surface area contributed by atoms with Crippen LogP contribution in [0, 0.1) is 11.6 Å². The van der Waals surface area contributed by atoms with E-state index in [0.29, 0.717) is 0 Å². The smallest absolute Gasteiger partial charge is 0.147 e. The average molecular weight is 222 g/mol. The van der Waals surface area contributed by atoms with Gasteiger partial charge in [-0.2, -0.15) is 0 Å². The van der Waals surface area contributed by atoms with Crippen LogP contribution in [-0.4, -0.2) is 15.1 Å². The lowest BCUT2D eigenvalue weighted by molar-refractivity contribution is 0.209. The van der Waals surface area contributed by atoms with Gasteiger partial charge in [0, 0.05) is 23.5 Å². The molecule has 82 valence electrons. The predicted octanol–water partition coefficient (Wildman–Crippen LogP) is 1.84. The van der Waals surface area contributed by atoms with Crippen LogP contribution in [0.25, 0.3) is 0 Å². The van der Waals surface area contributed by atoms with E-state index in [1.165, 1.54) is 24.5 Å². The quantitative estimate of drug-likeness (QED) is 0.843. The number of nitrogens with zero attached hydrogens (tertiary/aromatic N) is 2. The van der Waals surface area contributed by atoms with E-state index in [4.69, 9.17) is 0 Å². The second-order valence-corrected chi connectivity index (χ2v) is 3.20. The zero-order chi connectivity index (χ0) is 11.5. The molecule has 2 aromatic rings. The Balaban J connectivity index is 2.44. The van der Waals surface area contributed by atoms with Crippen molar-refractivity contribution in [1.82, 2.24) is 9.97 Å². The molecule has 0 amide bonds. The van der Waals surface area contributed by atoms with Crippen molar-refractivity contribution in [2.45, 2.75) is 6.10 Å². The minimum absolute atomic E-state index is 0.0138. The zero-order valence-corrected chi connectivity index (χ0v) is 8.14. The Morgan fingerprint density at radius 2 is 1.38 bits per heavy atom. The molecule has 0 saturated carbocycles. The maximum absolute atomic E-state index is 13.3. The first-order valence-electron chi connectivity index (χ1n) is 4.57. The lowest BCUT2D eigenvalue weighted by Crippen LogP contribution is -2.05. The third-order valence-electron chi connectivity index (χ3n) is 2.20. The molecule has 2 heterocycles. The highest BCUT2D eigenvalue weighted by Crippen LogP contribution is 2.24. The number of pyridine rings is 2. The van der Waals surface area contributed by atoms with E-state index >= 15 is 0 Å². The van der Waals surface area contributed by atoms with Crippen LogP contribution in [-0.2, 0) is 0 Å². The van der Waals surface area contributed by atoms with E-state index in [0.717, 1.165) is 12.4 Å². The van der Waals surface area contributed by atoms with Gasteiger partial charge in [0.2, 0.25) is 0 Å². The van der Waals surface area contributed by atoms with E-state index in [1.807, 2.05) is 0 Å². The molecular formula is C11H8F2N2O. The van der Waals surface area contributed by atoms with Crippen LogP contribution in [0.3, 0.4) is 0 Å². The van der Waals surface area contributed by atoms with Crippen molar-refractivity contribution < 1.29 is 13.9 Å². The fourth-order valence-electron chi connectivity index (χ4n) is 1.38. The summed E-state index contributed by atoms with van der Waals surface area (Å²) in [7, 11) is 0. The number of halogens is 2. The van der Waals surface area contributed by atoms with Gasteiger partial charge in [-0.1, -0.05) is 0 Å². The first-order valence-corrected chi connectivity index (χ1v) is 4.57. The predicted molar refractivity (Wildman–Crippen MR) is 52.5 cm³/mol. The van der Waals surface area contributed by atoms with Gasteiger partial charge in [-0.15, -0.1) is 0 Å². The van der Waals surface area contributed by atoms with Crippen LogP contribution in [0.15, 0.2) is 36.9 Å². The van der Waals surface area contributed by atoms with Crippen molar-refractivity contribution in [1.29, 1.82) is 0 Å². The van der Waals surface area contributed by atoms with Crippen LogP contribution in [0.4, 0.5) is 8.78 Å². The topological polar surface area (TPSA) is 46.0 Å². The van der Waals surface area contributed by atoms with Gasteiger partial charge in [0.05, 0.1) is 12.4 Å². The monoisotopic (exact) mass is 222 g/mol. The molecule has 0 aliphatic rings. The summed E-state index contributed by atoms with van der Waals surface area (Å²) in [6.07, 6.45) is 3.25. The summed E-state index contributed by atoms with van der Waals surface area (Å²) < 4.78 is 26.6. The maximum atomic E-state index is 13.3. The van der Waals surface area contributed by atoms with Crippen molar-refractivity contribution in [2.75, 3.05) is 0 Å². The van der Waals surface area contributed by atoms with Crippen LogP contribution in [0.1, 0.15) is 17.2 Å². The molecule has 16 heavy (non-hydrogen) atoms. The van der Waals surface area contributed by atoms with Crippen molar-refractivity contribution in [3.05, 3.63) is 59.7 Å². The third kappa shape index (κ3) is 1.90. The lowest BCUT2D eigenvalue weighted by Gasteiger charge is -2.12.